The molecule has 19 heavy (non-hydrogen) atoms. The van der Waals surface area contributed by atoms with Crippen LogP contribution in [0.1, 0.15) is 44.7 Å². The fourth-order valence-corrected chi connectivity index (χ4v) is 3.22. The number of hydrogen-bond acceptors (Lipinski definition) is 6. The Morgan fingerprint density at radius 2 is 2.37 bits per heavy atom. The lowest BCUT2D eigenvalue weighted by molar-refractivity contribution is 0.111. The van der Waals surface area contributed by atoms with E-state index in [0.29, 0.717) is 6.04 Å². The maximum absolute atomic E-state index is 9.17. The van der Waals surface area contributed by atoms with Gasteiger partial charge < -0.3 is 10.4 Å². The molecule has 0 aliphatic carbocycles. The van der Waals surface area contributed by atoms with Gasteiger partial charge in [0.2, 0.25) is 0 Å². The molecule has 0 bridgehead atoms. The Kier molecular flexibility index (Phi) is 6.00. The van der Waals surface area contributed by atoms with Crippen molar-refractivity contribution in [1.29, 1.82) is 0 Å². The van der Waals surface area contributed by atoms with E-state index < -0.39 is 0 Å². The molecule has 1 saturated heterocycles. The van der Waals surface area contributed by atoms with Crippen LogP contribution in [0.5, 0.6) is 0 Å². The number of hydrogen-bond donors (Lipinski definition) is 2. The number of likely N-dealkylation sites (tertiary alicyclic amines) is 1. The van der Waals surface area contributed by atoms with Crippen LogP contribution in [0.2, 0.25) is 0 Å². The smallest absolute Gasteiger partial charge is 0.134 e. The number of nitrogens with one attached hydrogen (secondary N) is 1. The summed E-state index contributed by atoms with van der Waals surface area (Å²) in [5.41, 5.74) is 1.06. The van der Waals surface area contributed by atoms with Gasteiger partial charge >= 0.3 is 0 Å². The average Bonchev–Trinajstić information content (AvgIpc) is 2.86. The van der Waals surface area contributed by atoms with Crippen molar-refractivity contribution in [3.05, 3.63) is 5.69 Å². The lowest BCUT2D eigenvalue weighted by atomic mass is 9.99. The zero-order valence-electron chi connectivity index (χ0n) is 11.6. The quantitative estimate of drug-likeness (QED) is 0.803. The van der Waals surface area contributed by atoms with Gasteiger partial charge in [0.1, 0.15) is 10.7 Å². The van der Waals surface area contributed by atoms with Gasteiger partial charge in [-0.05, 0) is 32.2 Å². The molecule has 108 valence electrons. The molecule has 6 heteroatoms. The molecule has 1 unspecified atom stereocenters. The van der Waals surface area contributed by atoms with E-state index in [4.69, 9.17) is 5.11 Å². The minimum absolute atomic E-state index is 0.275. The normalized spacial score (nSPS) is 20.6. The highest BCUT2D eigenvalue weighted by Gasteiger charge is 2.23. The van der Waals surface area contributed by atoms with Gasteiger partial charge in [-0.1, -0.05) is 17.8 Å². The van der Waals surface area contributed by atoms with Gasteiger partial charge in [0.05, 0.1) is 0 Å². The van der Waals surface area contributed by atoms with Crippen molar-refractivity contribution in [3.8, 4) is 0 Å². The largest absolute Gasteiger partial charge is 0.396 e. The monoisotopic (exact) mass is 284 g/mol. The highest BCUT2D eigenvalue weighted by atomic mass is 32.1. The highest BCUT2D eigenvalue weighted by molar-refractivity contribution is 7.10. The molecule has 0 saturated carbocycles. The molecule has 2 N–H and O–H groups in total. The van der Waals surface area contributed by atoms with Crippen LogP contribution in [0.25, 0.3) is 0 Å². The van der Waals surface area contributed by atoms with Gasteiger partial charge in [0.15, 0.2) is 0 Å². The second-order valence-corrected chi connectivity index (χ2v) is 5.86. The Morgan fingerprint density at radius 3 is 3.16 bits per heavy atom. The molecular formula is C13H24N4OS. The molecule has 5 nitrogen and oxygen atoms in total. The van der Waals surface area contributed by atoms with Crippen LogP contribution in [0, 0.1) is 0 Å². The number of rotatable bonds is 7. The topological polar surface area (TPSA) is 61.3 Å². The Morgan fingerprint density at radius 1 is 1.47 bits per heavy atom. The van der Waals surface area contributed by atoms with Gasteiger partial charge in [0.25, 0.3) is 0 Å². The third-order valence-corrected chi connectivity index (χ3v) is 4.38. The SMILES string of the molecule is CCCNc1snnc1CN1CCCCC1CCO. The van der Waals surface area contributed by atoms with Gasteiger partial charge in [-0.2, -0.15) is 0 Å². The summed E-state index contributed by atoms with van der Waals surface area (Å²) >= 11 is 1.44. The first-order chi connectivity index (χ1) is 9.35. The minimum atomic E-state index is 0.275. The Labute approximate surface area is 119 Å². The minimum Gasteiger partial charge on any atom is -0.396 e. The van der Waals surface area contributed by atoms with Gasteiger partial charge in [-0.25, -0.2) is 0 Å². The first-order valence-electron chi connectivity index (χ1n) is 7.25. The molecule has 1 aromatic rings. The van der Waals surface area contributed by atoms with E-state index in [2.05, 4.69) is 26.7 Å². The van der Waals surface area contributed by atoms with Crippen molar-refractivity contribution >= 4 is 16.5 Å². The molecule has 1 aromatic heterocycles. The molecule has 0 amide bonds. The highest BCUT2D eigenvalue weighted by Crippen LogP contribution is 2.25. The van der Waals surface area contributed by atoms with Crippen LogP contribution in [0.15, 0.2) is 0 Å². The molecule has 0 radical (unpaired) electrons. The van der Waals surface area contributed by atoms with Crippen molar-refractivity contribution in [1.82, 2.24) is 14.5 Å². The Bertz CT molecular complexity index is 369. The average molecular weight is 284 g/mol. The predicted octanol–water partition coefficient (Wildman–Crippen LogP) is 2.10. The van der Waals surface area contributed by atoms with E-state index >= 15 is 0 Å². The zero-order chi connectivity index (χ0) is 13.5. The fraction of sp³-hybridized carbons (Fsp3) is 0.846. The first kappa shape index (κ1) is 14.7. The van der Waals surface area contributed by atoms with Crippen LogP contribution in [0.3, 0.4) is 0 Å². The van der Waals surface area contributed by atoms with E-state index in [9.17, 15) is 0 Å². The summed E-state index contributed by atoms with van der Waals surface area (Å²) in [6.45, 7) is 5.36. The van der Waals surface area contributed by atoms with Crippen LogP contribution in [-0.4, -0.2) is 45.3 Å². The first-order valence-corrected chi connectivity index (χ1v) is 8.02. The van der Waals surface area contributed by atoms with Crippen molar-refractivity contribution < 1.29 is 5.11 Å². The lowest BCUT2D eigenvalue weighted by Crippen LogP contribution is -2.39. The van der Waals surface area contributed by atoms with E-state index in [-0.39, 0.29) is 6.61 Å². The molecule has 1 atom stereocenters. The standard InChI is InChI=1S/C13H24N4OS/c1-2-7-14-13-12(15-16-19-13)10-17-8-4-3-5-11(17)6-9-18/h11,14,18H,2-10H2,1H3. The maximum atomic E-state index is 9.17. The number of aliphatic hydroxyl groups is 1. The van der Waals surface area contributed by atoms with Crippen molar-refractivity contribution in [3.63, 3.8) is 0 Å². The van der Waals surface area contributed by atoms with Gasteiger partial charge in [-0.3, -0.25) is 4.90 Å². The lowest BCUT2D eigenvalue weighted by Gasteiger charge is -2.35. The van der Waals surface area contributed by atoms with Crippen molar-refractivity contribution in [2.24, 2.45) is 0 Å². The van der Waals surface area contributed by atoms with Crippen molar-refractivity contribution in [2.75, 3.05) is 25.0 Å². The van der Waals surface area contributed by atoms with E-state index in [0.717, 1.165) is 43.2 Å². The Hall–Kier alpha value is -0.720. The van der Waals surface area contributed by atoms with E-state index in [1.165, 1.54) is 30.8 Å². The number of nitrogens with zero attached hydrogens (tertiary/aromatic N) is 3. The summed E-state index contributed by atoms with van der Waals surface area (Å²) < 4.78 is 4.06. The number of piperidine rings is 1. The number of aliphatic hydroxyl groups excluding tert-OH is 1. The second kappa shape index (κ2) is 7.77. The van der Waals surface area contributed by atoms with Gasteiger partial charge in [0, 0.05) is 37.3 Å². The summed E-state index contributed by atoms with van der Waals surface area (Å²) in [5.74, 6) is 0. The number of anilines is 1. The van der Waals surface area contributed by atoms with Gasteiger partial charge in [-0.15, -0.1) is 5.10 Å². The summed E-state index contributed by atoms with van der Waals surface area (Å²) in [7, 11) is 0. The molecule has 0 spiro atoms. The fourth-order valence-electron chi connectivity index (χ4n) is 2.62. The van der Waals surface area contributed by atoms with E-state index in [1.54, 1.807) is 0 Å². The van der Waals surface area contributed by atoms with Crippen molar-refractivity contribution in [2.45, 2.75) is 51.6 Å². The van der Waals surface area contributed by atoms with Crippen LogP contribution < -0.4 is 5.32 Å². The summed E-state index contributed by atoms with van der Waals surface area (Å²) in [5, 5.41) is 17.9. The molecular weight excluding hydrogens is 260 g/mol. The third kappa shape index (κ3) is 4.12. The molecule has 0 aromatic carbocycles. The maximum Gasteiger partial charge on any atom is 0.134 e. The summed E-state index contributed by atoms with van der Waals surface area (Å²) in [6.07, 6.45) is 5.69. The second-order valence-electron chi connectivity index (χ2n) is 5.11. The molecule has 2 heterocycles. The molecule has 1 fully saturated rings. The Balaban J connectivity index is 1.96. The van der Waals surface area contributed by atoms with Crippen LogP contribution in [0.4, 0.5) is 5.00 Å². The molecule has 1 aliphatic heterocycles. The van der Waals surface area contributed by atoms with Crippen LogP contribution >= 0.6 is 11.5 Å². The third-order valence-electron chi connectivity index (χ3n) is 3.66. The van der Waals surface area contributed by atoms with E-state index in [1.807, 2.05) is 0 Å². The van der Waals surface area contributed by atoms with Crippen LogP contribution in [-0.2, 0) is 6.54 Å². The number of aromatic nitrogens is 2. The summed E-state index contributed by atoms with van der Waals surface area (Å²) in [4.78, 5) is 2.45. The summed E-state index contributed by atoms with van der Waals surface area (Å²) in [6, 6.07) is 0.500. The molecule has 2 rings (SSSR count). The predicted molar refractivity (Wildman–Crippen MR) is 78.4 cm³/mol. The molecule has 1 aliphatic rings. The zero-order valence-corrected chi connectivity index (χ0v) is 12.5.